The number of halogens is 2. The van der Waals surface area contributed by atoms with Crippen molar-refractivity contribution in [3.05, 3.63) is 77.9 Å². The Morgan fingerprint density at radius 2 is 1.85 bits per heavy atom. The Morgan fingerprint density at radius 3 is 2.55 bits per heavy atom. The number of carbonyl (C=O) groups is 2. The van der Waals surface area contributed by atoms with Gasteiger partial charge >= 0.3 is 0 Å². The summed E-state index contributed by atoms with van der Waals surface area (Å²) in [5.41, 5.74) is -4.90. The highest BCUT2D eigenvalue weighted by atomic mass is 32.2. The maximum atomic E-state index is 17.6. The van der Waals surface area contributed by atoms with Gasteiger partial charge in [-0.2, -0.15) is 0 Å². The summed E-state index contributed by atoms with van der Waals surface area (Å²) in [6, 6.07) is 16.1. The van der Waals surface area contributed by atoms with E-state index < -0.39 is 76.8 Å². The molecule has 1 aliphatic heterocycles. The number of Topliss-reactive ketones (excluding diaryl/α,β-unsaturated/α-hetero) is 1. The fourth-order valence-corrected chi connectivity index (χ4v) is 10.4. The van der Waals surface area contributed by atoms with E-state index in [-0.39, 0.29) is 24.8 Å². The zero-order chi connectivity index (χ0) is 33.5. The van der Waals surface area contributed by atoms with E-state index in [4.69, 9.17) is 9.47 Å². The van der Waals surface area contributed by atoms with Crippen molar-refractivity contribution in [2.45, 2.75) is 98.7 Å². The fourth-order valence-electron chi connectivity index (χ4n) is 9.53. The average molecular weight is 666 g/mol. The molecular weight excluding hydrogens is 624 g/mol. The molecule has 3 saturated carbocycles. The number of nitrogens with one attached hydrogen (secondary N) is 1. The molecule has 2 aromatic carbocycles. The molecule has 47 heavy (non-hydrogen) atoms. The molecule has 4 fully saturated rings. The summed E-state index contributed by atoms with van der Waals surface area (Å²) in [6.45, 7) is 6.68. The van der Waals surface area contributed by atoms with Crippen LogP contribution in [0, 0.1) is 22.7 Å². The fraction of sp³-hybridized carbons (Fsp3) is 0.514. The first-order chi connectivity index (χ1) is 22.3. The molecule has 3 N–H and O–H groups in total. The van der Waals surface area contributed by atoms with Crippen LogP contribution in [0.5, 0.6) is 0 Å². The van der Waals surface area contributed by atoms with Crippen LogP contribution in [0.1, 0.15) is 58.8 Å². The molecule has 2 aromatic rings. The molecule has 10 atom stereocenters. The third kappa shape index (κ3) is 4.65. The van der Waals surface area contributed by atoms with E-state index >= 15 is 8.78 Å². The summed E-state index contributed by atoms with van der Waals surface area (Å²) >= 11 is 1.61. The van der Waals surface area contributed by atoms with Gasteiger partial charge < -0.3 is 25.0 Å². The van der Waals surface area contributed by atoms with Crippen LogP contribution in [0.4, 0.5) is 14.5 Å². The highest BCUT2D eigenvalue weighted by Crippen LogP contribution is 2.72. The second-order valence-corrected chi connectivity index (χ2v) is 15.6. The number of anilines is 1. The van der Waals surface area contributed by atoms with Crippen LogP contribution in [-0.2, 0) is 19.1 Å². The van der Waals surface area contributed by atoms with Crippen molar-refractivity contribution in [3.8, 4) is 0 Å². The lowest BCUT2D eigenvalue weighted by atomic mass is 9.44. The van der Waals surface area contributed by atoms with Gasteiger partial charge in [-0.15, -0.1) is 0 Å². The molecule has 0 aromatic heterocycles. The summed E-state index contributed by atoms with van der Waals surface area (Å²) in [4.78, 5) is 28.0. The molecule has 0 unspecified atom stereocenters. The molecule has 4 aliphatic carbocycles. The number of rotatable bonds is 7. The predicted octanol–water partition coefficient (Wildman–Crippen LogP) is 6.30. The third-order valence-electron chi connectivity index (χ3n) is 11.6. The topological polar surface area (TPSA) is 105 Å². The third-order valence-corrected chi connectivity index (χ3v) is 12.6. The number of ether oxygens (including phenoxy) is 2. The van der Waals surface area contributed by atoms with E-state index in [1.807, 2.05) is 42.5 Å². The molecule has 0 amide bonds. The number of fused-ring (bicyclic) bond motifs is 7. The van der Waals surface area contributed by atoms with Crippen molar-refractivity contribution >= 4 is 29.0 Å². The van der Waals surface area contributed by atoms with Crippen LogP contribution < -0.4 is 5.32 Å². The van der Waals surface area contributed by atoms with Crippen molar-refractivity contribution in [1.29, 1.82) is 0 Å². The molecule has 0 spiro atoms. The minimum Gasteiger partial charge on any atom is -0.390 e. The lowest BCUT2D eigenvalue weighted by molar-refractivity contribution is -0.235. The Morgan fingerprint density at radius 1 is 1.11 bits per heavy atom. The monoisotopic (exact) mass is 665 g/mol. The van der Waals surface area contributed by atoms with Crippen molar-refractivity contribution in [1.82, 2.24) is 0 Å². The van der Waals surface area contributed by atoms with Crippen LogP contribution in [-0.4, -0.2) is 64.1 Å². The molecule has 1 heterocycles. The Bertz CT molecular complexity index is 1660. The van der Waals surface area contributed by atoms with E-state index in [2.05, 4.69) is 25.2 Å². The molecule has 1 saturated heterocycles. The van der Waals surface area contributed by atoms with Crippen molar-refractivity contribution < 1.29 is 38.1 Å². The molecular formula is C37H41F2NO6S. The average Bonchev–Trinajstić information content (AvgIpc) is 3.53. The highest BCUT2D eigenvalue weighted by Gasteiger charge is 2.80. The maximum absolute atomic E-state index is 17.6. The van der Waals surface area contributed by atoms with Crippen LogP contribution in [0.15, 0.2) is 82.1 Å². The summed E-state index contributed by atoms with van der Waals surface area (Å²) in [5, 5.41) is 25.3. The van der Waals surface area contributed by atoms with Crippen LogP contribution in [0.3, 0.4) is 0 Å². The first-order valence-corrected chi connectivity index (χ1v) is 17.2. The first kappa shape index (κ1) is 32.6. The number of alkyl halides is 2. The van der Waals surface area contributed by atoms with Crippen molar-refractivity contribution in [2.24, 2.45) is 22.7 Å². The number of hydrogen-bond acceptors (Lipinski definition) is 8. The SMILES string of the molecule is CC(C)Nc1cccc(Sc2ccc([C@H]3O[C@@H]4C[C@H]5[C@@H]6C[C@H](F)C7=CC(=O)C=C[C@]7(C)[C@@]6(F)[C@@H](O)C[C@]5(C)[C@]4(C(=O)CO)O3)cc2)c1. The number of hydrogen-bond donors (Lipinski definition) is 3. The standard InChI is InChI=1S/C37H41F2NO6S/c1-20(2)40-22-6-5-7-25(14-22)47-24-10-8-21(9-11-24)33-45-32-17-26-27-16-29(38)28-15-23(42)12-13-34(28,3)36(27,39)30(43)18-35(26,4)37(32,46-33)31(44)19-41/h5-15,20,26-27,29-30,32-33,40-41,43H,16-19H2,1-4H3/t26-,27-,29-,30-,32+,33-,34-,35-,36-,37+/m0/s1. The van der Waals surface area contributed by atoms with Gasteiger partial charge in [-0.1, -0.05) is 43.0 Å². The van der Waals surface area contributed by atoms with E-state index in [0.29, 0.717) is 11.6 Å². The van der Waals surface area contributed by atoms with Gasteiger partial charge in [0.1, 0.15) is 12.8 Å². The highest BCUT2D eigenvalue weighted by molar-refractivity contribution is 7.99. The summed E-state index contributed by atoms with van der Waals surface area (Å²) in [6.07, 6.45) is -1.38. The summed E-state index contributed by atoms with van der Waals surface area (Å²) in [7, 11) is 0. The molecule has 250 valence electrons. The van der Waals surface area contributed by atoms with Crippen LogP contribution in [0.25, 0.3) is 0 Å². The summed E-state index contributed by atoms with van der Waals surface area (Å²) < 4.78 is 46.5. The quantitative estimate of drug-likeness (QED) is 0.317. The molecule has 7 nitrogen and oxygen atoms in total. The number of aliphatic hydroxyl groups excluding tert-OH is 2. The van der Waals surface area contributed by atoms with Gasteiger partial charge in [-0.25, -0.2) is 8.78 Å². The minimum atomic E-state index is -2.29. The van der Waals surface area contributed by atoms with E-state index in [0.717, 1.165) is 21.6 Å². The summed E-state index contributed by atoms with van der Waals surface area (Å²) in [5.74, 6) is -2.60. The first-order valence-electron chi connectivity index (χ1n) is 16.3. The number of aliphatic hydroxyl groups is 2. The predicted molar refractivity (Wildman–Crippen MR) is 173 cm³/mol. The van der Waals surface area contributed by atoms with E-state index in [9.17, 15) is 19.8 Å². The van der Waals surface area contributed by atoms with Crippen molar-refractivity contribution in [3.63, 3.8) is 0 Å². The van der Waals surface area contributed by atoms with Gasteiger partial charge in [-0.3, -0.25) is 9.59 Å². The second-order valence-electron chi connectivity index (χ2n) is 14.5. The lowest BCUT2D eigenvalue weighted by Gasteiger charge is -2.63. The minimum absolute atomic E-state index is 0.0415. The number of allylic oxidation sites excluding steroid dienone is 4. The smallest absolute Gasteiger partial charge is 0.193 e. The van der Waals surface area contributed by atoms with Gasteiger partial charge in [-0.05, 0) is 94.0 Å². The van der Waals surface area contributed by atoms with Gasteiger partial charge in [0, 0.05) is 43.8 Å². The normalized spacial score (nSPS) is 40.4. The van der Waals surface area contributed by atoms with Crippen molar-refractivity contribution in [2.75, 3.05) is 11.9 Å². The number of carbonyl (C=O) groups excluding carboxylic acids is 2. The van der Waals surface area contributed by atoms with E-state index in [1.54, 1.807) is 25.6 Å². The van der Waals surface area contributed by atoms with Gasteiger partial charge in [0.05, 0.1) is 12.2 Å². The molecule has 10 heteroatoms. The lowest BCUT2D eigenvalue weighted by Crippen LogP contribution is -2.70. The maximum Gasteiger partial charge on any atom is 0.193 e. The van der Waals surface area contributed by atoms with Gasteiger partial charge in [0.15, 0.2) is 29.1 Å². The van der Waals surface area contributed by atoms with Crippen LogP contribution in [0.2, 0.25) is 0 Å². The molecule has 0 bridgehead atoms. The zero-order valence-electron chi connectivity index (χ0n) is 26.9. The molecule has 0 radical (unpaired) electrons. The number of benzene rings is 2. The van der Waals surface area contributed by atoms with Gasteiger partial charge in [0.2, 0.25) is 0 Å². The van der Waals surface area contributed by atoms with E-state index in [1.165, 1.54) is 12.2 Å². The largest absolute Gasteiger partial charge is 0.390 e. The Hall–Kier alpha value is -2.89. The molecule has 7 rings (SSSR count). The van der Waals surface area contributed by atoms with Crippen LogP contribution >= 0.6 is 11.8 Å². The number of ketones is 2. The Kier molecular flexibility index (Phi) is 7.88. The molecule has 5 aliphatic rings. The second kappa shape index (κ2) is 11.3. The zero-order valence-corrected chi connectivity index (χ0v) is 27.7. The van der Waals surface area contributed by atoms with Gasteiger partial charge in [0.25, 0.3) is 0 Å². The Labute approximate surface area is 277 Å². The Balaban J connectivity index is 1.17.